The average Bonchev–Trinajstić information content (AvgIpc) is 3.05. The van der Waals surface area contributed by atoms with Crippen LogP contribution in [0.3, 0.4) is 0 Å². The van der Waals surface area contributed by atoms with Crippen LogP contribution in [-0.4, -0.2) is 27.6 Å². The maximum absolute atomic E-state index is 12.3. The number of benzene rings is 1. The molecule has 7 nitrogen and oxygen atoms in total. The number of pyridine rings is 1. The lowest BCUT2D eigenvalue weighted by Crippen LogP contribution is -2.18. The molecule has 9 heteroatoms. The summed E-state index contributed by atoms with van der Waals surface area (Å²) >= 11 is 9.51. The van der Waals surface area contributed by atoms with Crippen LogP contribution in [0.5, 0.6) is 0 Å². The summed E-state index contributed by atoms with van der Waals surface area (Å²) in [5.41, 5.74) is 3.60. The molecule has 3 heterocycles. The average molecular weight is 447 g/mol. The second-order valence-electron chi connectivity index (χ2n) is 5.81. The lowest BCUT2D eigenvalue weighted by Gasteiger charge is -2.08. The van der Waals surface area contributed by atoms with Crippen LogP contribution in [0.15, 0.2) is 50.5 Å². The van der Waals surface area contributed by atoms with Gasteiger partial charge >= 0.3 is 0 Å². The Morgan fingerprint density at radius 2 is 2.19 bits per heavy atom. The van der Waals surface area contributed by atoms with E-state index in [0.717, 1.165) is 5.56 Å². The Balaban J connectivity index is 2.11. The minimum absolute atomic E-state index is 0.285. The van der Waals surface area contributed by atoms with Crippen LogP contribution in [0.2, 0.25) is 5.02 Å². The number of hydrogen-bond donors (Lipinski definition) is 1. The van der Waals surface area contributed by atoms with Gasteiger partial charge in [0.1, 0.15) is 10.1 Å². The third kappa shape index (κ3) is 3.11. The van der Waals surface area contributed by atoms with Crippen LogP contribution < -0.4 is 10.9 Å². The van der Waals surface area contributed by atoms with Gasteiger partial charge in [-0.15, -0.1) is 0 Å². The van der Waals surface area contributed by atoms with E-state index in [1.54, 1.807) is 48.1 Å². The first-order valence-electron chi connectivity index (χ1n) is 7.98. The van der Waals surface area contributed by atoms with Crippen LogP contribution >= 0.6 is 27.5 Å². The monoisotopic (exact) mass is 445 g/mol. The van der Waals surface area contributed by atoms with Gasteiger partial charge in [-0.3, -0.25) is 4.79 Å². The molecule has 0 atom stereocenters. The van der Waals surface area contributed by atoms with Crippen LogP contribution in [-0.2, 0) is 0 Å². The Labute approximate surface area is 166 Å². The van der Waals surface area contributed by atoms with Crippen LogP contribution in [0.4, 0.5) is 5.69 Å². The number of fused-ring (bicyclic) bond motifs is 3. The fourth-order valence-electron chi connectivity index (χ4n) is 2.82. The first kappa shape index (κ1) is 17.7. The molecule has 0 aliphatic heterocycles. The molecule has 1 amide bonds. The van der Waals surface area contributed by atoms with Crippen molar-refractivity contribution in [2.24, 2.45) is 4.99 Å². The standard InChI is InChI=1S/C18H13BrClN5O2/c1-9-6-10(20)7-11(17(26)21-2)15(9)23-18-12-8-14(19)24-25(12)16-13(27-18)4-3-5-22-16/h3-8H,1-2H3,(H,21,26). The summed E-state index contributed by atoms with van der Waals surface area (Å²) in [6, 6.07) is 8.66. The summed E-state index contributed by atoms with van der Waals surface area (Å²) in [4.78, 5) is 21.3. The van der Waals surface area contributed by atoms with E-state index in [1.807, 2.05) is 6.92 Å². The van der Waals surface area contributed by atoms with Crippen molar-refractivity contribution in [1.29, 1.82) is 0 Å². The fourth-order valence-corrected chi connectivity index (χ4v) is 3.46. The van der Waals surface area contributed by atoms with Gasteiger partial charge in [0.05, 0.1) is 11.3 Å². The summed E-state index contributed by atoms with van der Waals surface area (Å²) in [6.45, 7) is 1.84. The molecule has 0 radical (unpaired) electrons. The number of carbonyl (C=O) groups is 1. The van der Waals surface area contributed by atoms with Crippen LogP contribution in [0.1, 0.15) is 15.9 Å². The van der Waals surface area contributed by atoms with E-state index in [-0.39, 0.29) is 5.91 Å². The summed E-state index contributed by atoms with van der Waals surface area (Å²) in [7, 11) is 1.56. The highest BCUT2D eigenvalue weighted by Gasteiger charge is 2.15. The van der Waals surface area contributed by atoms with Gasteiger partial charge in [0, 0.05) is 24.3 Å². The molecule has 1 N–H and O–H groups in total. The van der Waals surface area contributed by atoms with Gasteiger partial charge < -0.3 is 9.73 Å². The highest BCUT2D eigenvalue weighted by molar-refractivity contribution is 9.10. The third-order valence-corrected chi connectivity index (χ3v) is 4.61. The Morgan fingerprint density at radius 3 is 2.96 bits per heavy atom. The first-order valence-corrected chi connectivity index (χ1v) is 9.15. The molecular weight excluding hydrogens is 434 g/mol. The topological polar surface area (TPSA) is 84.8 Å². The van der Waals surface area contributed by atoms with E-state index in [2.05, 4.69) is 36.3 Å². The number of nitrogens with one attached hydrogen (secondary N) is 1. The molecule has 0 aliphatic carbocycles. The number of hydrogen-bond acceptors (Lipinski definition) is 5. The molecule has 4 rings (SSSR count). The smallest absolute Gasteiger partial charge is 0.253 e. The molecule has 0 fully saturated rings. The zero-order chi connectivity index (χ0) is 19.1. The molecule has 0 bridgehead atoms. The maximum Gasteiger partial charge on any atom is 0.253 e. The molecule has 0 aliphatic rings. The first-order chi connectivity index (χ1) is 13.0. The van der Waals surface area contributed by atoms with E-state index in [1.165, 1.54) is 0 Å². The Hall–Kier alpha value is -2.71. The van der Waals surface area contributed by atoms with Gasteiger partial charge in [-0.05, 0) is 52.7 Å². The SMILES string of the molecule is CNC(=O)c1cc(Cl)cc(C)c1N=c1oc2cccnc2n2nc(Br)cc12. The lowest BCUT2D eigenvalue weighted by atomic mass is 10.1. The van der Waals surface area contributed by atoms with Crippen LogP contribution in [0, 0.1) is 6.92 Å². The zero-order valence-corrected chi connectivity index (χ0v) is 16.7. The van der Waals surface area contributed by atoms with Gasteiger partial charge in [0.25, 0.3) is 5.91 Å². The molecule has 0 spiro atoms. The van der Waals surface area contributed by atoms with Crippen molar-refractivity contribution in [3.8, 4) is 0 Å². The molecule has 0 saturated carbocycles. The summed E-state index contributed by atoms with van der Waals surface area (Å²) < 4.78 is 8.23. The molecule has 4 aromatic rings. The molecule has 136 valence electrons. The zero-order valence-electron chi connectivity index (χ0n) is 14.3. The second kappa shape index (κ2) is 6.79. The number of aromatic nitrogens is 3. The predicted octanol–water partition coefficient (Wildman–Crippen LogP) is 3.79. The van der Waals surface area contributed by atoms with Crippen molar-refractivity contribution in [2.45, 2.75) is 6.92 Å². The number of halogens is 2. The molecule has 0 saturated heterocycles. The van der Waals surface area contributed by atoms with Crippen molar-refractivity contribution in [1.82, 2.24) is 19.9 Å². The maximum atomic E-state index is 12.3. The molecule has 0 unspecified atom stereocenters. The number of nitrogens with zero attached hydrogens (tertiary/aromatic N) is 4. The number of rotatable bonds is 2. The van der Waals surface area contributed by atoms with Gasteiger partial charge in [-0.2, -0.15) is 5.10 Å². The summed E-state index contributed by atoms with van der Waals surface area (Å²) in [6.07, 6.45) is 1.66. The normalized spacial score (nSPS) is 12.1. The van der Waals surface area contributed by atoms with Crippen molar-refractivity contribution in [3.63, 3.8) is 0 Å². The minimum Gasteiger partial charge on any atom is -0.433 e. The van der Waals surface area contributed by atoms with Gasteiger partial charge in [0.2, 0.25) is 5.55 Å². The highest BCUT2D eigenvalue weighted by atomic mass is 79.9. The van der Waals surface area contributed by atoms with Crippen LogP contribution in [0.25, 0.3) is 16.7 Å². The van der Waals surface area contributed by atoms with Crippen molar-refractivity contribution >= 4 is 55.9 Å². The highest BCUT2D eigenvalue weighted by Crippen LogP contribution is 2.28. The van der Waals surface area contributed by atoms with Crippen molar-refractivity contribution < 1.29 is 9.21 Å². The van der Waals surface area contributed by atoms with E-state index in [9.17, 15) is 4.79 Å². The van der Waals surface area contributed by atoms with E-state index < -0.39 is 0 Å². The quantitative estimate of drug-likeness (QED) is 0.508. The number of amides is 1. The predicted molar refractivity (Wildman–Crippen MR) is 105 cm³/mol. The Kier molecular flexibility index (Phi) is 4.45. The minimum atomic E-state index is -0.285. The largest absolute Gasteiger partial charge is 0.433 e. The molecule has 3 aromatic heterocycles. The summed E-state index contributed by atoms with van der Waals surface area (Å²) in [5, 5.41) is 7.47. The fraction of sp³-hybridized carbons (Fsp3) is 0.111. The van der Waals surface area contributed by atoms with Gasteiger partial charge in [0.15, 0.2) is 11.2 Å². The van der Waals surface area contributed by atoms with Crippen molar-refractivity contribution in [2.75, 3.05) is 7.05 Å². The number of aryl methyl sites for hydroxylation is 1. The van der Waals surface area contributed by atoms with E-state index >= 15 is 0 Å². The lowest BCUT2D eigenvalue weighted by molar-refractivity contribution is 0.0963. The number of carbonyl (C=O) groups excluding carboxylic acids is 1. The van der Waals surface area contributed by atoms with Gasteiger partial charge in [-0.25, -0.2) is 14.5 Å². The summed E-state index contributed by atoms with van der Waals surface area (Å²) in [5.74, 6) is -0.285. The second-order valence-corrected chi connectivity index (χ2v) is 7.06. The molecule has 1 aromatic carbocycles. The van der Waals surface area contributed by atoms with Crippen molar-refractivity contribution in [3.05, 3.63) is 62.8 Å². The molecule has 27 heavy (non-hydrogen) atoms. The molecular formula is C18H13BrClN5O2. The van der Waals surface area contributed by atoms with E-state index in [0.29, 0.717) is 43.2 Å². The van der Waals surface area contributed by atoms with Gasteiger partial charge in [-0.1, -0.05) is 11.6 Å². The van der Waals surface area contributed by atoms with E-state index in [4.69, 9.17) is 16.0 Å². The Bertz CT molecular complexity index is 1280. The Morgan fingerprint density at radius 1 is 1.37 bits per heavy atom. The third-order valence-electron chi connectivity index (χ3n) is 4.01.